The van der Waals surface area contributed by atoms with Crippen molar-refractivity contribution in [1.82, 2.24) is 15.3 Å². The van der Waals surface area contributed by atoms with Crippen molar-refractivity contribution in [3.05, 3.63) is 48.3 Å². The molecule has 0 saturated carbocycles. The molecule has 1 aromatic carbocycles. The van der Waals surface area contributed by atoms with Crippen LogP contribution in [-0.4, -0.2) is 27.6 Å². The minimum atomic E-state index is 0.618. The van der Waals surface area contributed by atoms with Crippen LogP contribution in [0.15, 0.2) is 47.8 Å². The highest BCUT2D eigenvalue weighted by Gasteiger charge is 2.07. The second-order valence-corrected chi connectivity index (χ2v) is 4.63. The van der Waals surface area contributed by atoms with Gasteiger partial charge in [0.15, 0.2) is 5.82 Å². The lowest BCUT2D eigenvalue weighted by atomic mass is 10.1. The number of anilines is 1. The van der Waals surface area contributed by atoms with Gasteiger partial charge in [0.1, 0.15) is 5.75 Å². The first-order valence-corrected chi connectivity index (χ1v) is 7.03. The van der Waals surface area contributed by atoms with Gasteiger partial charge in [-0.15, -0.1) is 9.61 Å². The zero-order valence-electron chi connectivity index (χ0n) is 12.4. The molecule has 0 aliphatic carbocycles. The number of H-pyrrole nitrogens is 1. The van der Waals surface area contributed by atoms with E-state index in [2.05, 4.69) is 25.8 Å². The van der Waals surface area contributed by atoms with E-state index in [1.54, 1.807) is 10.8 Å². The molecule has 0 bridgehead atoms. The molecular weight excluding hydrogens is 280 g/mol. The Morgan fingerprint density at radius 2 is 2.18 bits per heavy atom. The van der Waals surface area contributed by atoms with E-state index in [1.807, 2.05) is 50.2 Å². The molecule has 3 rings (SSSR count). The number of rotatable bonds is 5. The standard InChI is InChI=1S/C15H16N6O/c1-3-22-13-7-5-4-6-12(13)11(2)17-18-14-8-9-15-19-16-10-21(15)20-14/h4-10H,3H2,1-2H3,(H,18,20)/p+1/b17-11+. The molecule has 0 radical (unpaired) electrons. The van der Waals surface area contributed by atoms with Gasteiger partial charge >= 0.3 is 5.65 Å². The van der Waals surface area contributed by atoms with Crippen molar-refractivity contribution >= 4 is 17.2 Å². The van der Waals surface area contributed by atoms with Gasteiger partial charge in [-0.3, -0.25) is 5.43 Å². The zero-order chi connectivity index (χ0) is 15.4. The molecule has 3 aromatic rings. The molecule has 0 fully saturated rings. The third-order valence-corrected chi connectivity index (χ3v) is 3.11. The van der Waals surface area contributed by atoms with Gasteiger partial charge in [-0.25, -0.2) is 0 Å². The maximum atomic E-state index is 5.62. The summed E-state index contributed by atoms with van der Waals surface area (Å²) in [5.74, 6) is 1.45. The predicted octanol–water partition coefficient (Wildman–Crippen LogP) is 1.78. The van der Waals surface area contributed by atoms with Crippen LogP contribution < -0.4 is 14.7 Å². The summed E-state index contributed by atoms with van der Waals surface area (Å²) in [5.41, 5.74) is 5.47. The number of aromatic nitrogens is 4. The first kappa shape index (κ1) is 14.0. The summed E-state index contributed by atoms with van der Waals surface area (Å²) in [6.45, 7) is 4.50. The number of nitrogens with zero attached hydrogens (tertiary/aromatic N) is 4. The quantitative estimate of drug-likeness (QED) is 0.427. The maximum Gasteiger partial charge on any atom is 0.325 e. The molecule has 0 spiro atoms. The second kappa shape index (κ2) is 6.21. The average Bonchev–Trinajstić information content (AvgIpc) is 3.01. The van der Waals surface area contributed by atoms with Crippen LogP contribution >= 0.6 is 0 Å². The number of fused-ring (bicyclic) bond motifs is 1. The van der Waals surface area contributed by atoms with Crippen molar-refractivity contribution in [2.45, 2.75) is 13.8 Å². The van der Waals surface area contributed by atoms with Crippen LogP contribution in [-0.2, 0) is 0 Å². The van der Waals surface area contributed by atoms with Crippen LogP contribution in [0.1, 0.15) is 19.4 Å². The zero-order valence-corrected chi connectivity index (χ0v) is 12.4. The number of ether oxygens (including phenoxy) is 1. The van der Waals surface area contributed by atoms with Crippen molar-refractivity contribution in [1.29, 1.82) is 0 Å². The van der Waals surface area contributed by atoms with Crippen LogP contribution in [0.5, 0.6) is 5.75 Å². The number of benzene rings is 1. The van der Waals surface area contributed by atoms with Gasteiger partial charge in [0.25, 0.3) is 0 Å². The summed E-state index contributed by atoms with van der Waals surface area (Å²) in [6, 6.07) is 11.5. The number of para-hydroxylation sites is 1. The largest absolute Gasteiger partial charge is 0.493 e. The highest BCUT2D eigenvalue weighted by Crippen LogP contribution is 2.18. The maximum absolute atomic E-state index is 5.62. The van der Waals surface area contributed by atoms with Crippen LogP contribution in [0.4, 0.5) is 5.82 Å². The minimum absolute atomic E-state index is 0.618. The van der Waals surface area contributed by atoms with Crippen molar-refractivity contribution < 1.29 is 9.25 Å². The Hall–Kier alpha value is -2.96. The van der Waals surface area contributed by atoms with E-state index in [1.165, 1.54) is 0 Å². The van der Waals surface area contributed by atoms with E-state index in [0.29, 0.717) is 12.4 Å². The van der Waals surface area contributed by atoms with E-state index in [9.17, 15) is 0 Å². The van der Waals surface area contributed by atoms with E-state index >= 15 is 0 Å². The second-order valence-electron chi connectivity index (χ2n) is 4.63. The molecule has 112 valence electrons. The molecule has 0 aliphatic rings. The summed E-state index contributed by atoms with van der Waals surface area (Å²) in [5, 5.41) is 15.5. The number of hydrogen-bond acceptors (Lipinski definition) is 5. The van der Waals surface area contributed by atoms with Gasteiger partial charge in [-0.1, -0.05) is 17.2 Å². The molecule has 22 heavy (non-hydrogen) atoms. The first-order chi connectivity index (χ1) is 10.8. The van der Waals surface area contributed by atoms with Crippen molar-refractivity contribution in [2.24, 2.45) is 5.10 Å². The first-order valence-electron chi connectivity index (χ1n) is 7.03. The van der Waals surface area contributed by atoms with E-state index in [-0.39, 0.29) is 0 Å². The van der Waals surface area contributed by atoms with Crippen LogP contribution in [0, 0.1) is 0 Å². The van der Waals surface area contributed by atoms with E-state index in [0.717, 1.165) is 22.7 Å². The lowest BCUT2D eigenvalue weighted by Crippen LogP contribution is -2.24. The molecule has 0 saturated heterocycles. The summed E-state index contributed by atoms with van der Waals surface area (Å²) in [7, 11) is 0. The average molecular weight is 297 g/mol. The smallest absolute Gasteiger partial charge is 0.325 e. The Balaban J connectivity index is 1.82. The molecule has 0 unspecified atom stereocenters. The molecule has 7 heteroatoms. The van der Waals surface area contributed by atoms with Gasteiger partial charge in [-0.05, 0) is 32.0 Å². The van der Waals surface area contributed by atoms with E-state index in [4.69, 9.17) is 4.74 Å². The fourth-order valence-corrected chi connectivity index (χ4v) is 2.07. The molecule has 2 aromatic heterocycles. The van der Waals surface area contributed by atoms with Gasteiger partial charge in [0.2, 0.25) is 6.33 Å². The molecule has 7 nitrogen and oxygen atoms in total. The van der Waals surface area contributed by atoms with Crippen LogP contribution in [0.25, 0.3) is 5.65 Å². The summed E-state index contributed by atoms with van der Waals surface area (Å²) in [6.07, 6.45) is 1.67. The van der Waals surface area contributed by atoms with Gasteiger partial charge in [0, 0.05) is 16.7 Å². The van der Waals surface area contributed by atoms with Crippen molar-refractivity contribution in [2.75, 3.05) is 12.0 Å². The number of nitrogens with one attached hydrogen (secondary N) is 2. The molecule has 2 N–H and O–H groups in total. The Morgan fingerprint density at radius 3 is 3.05 bits per heavy atom. The normalized spacial score (nSPS) is 11.6. The van der Waals surface area contributed by atoms with Crippen molar-refractivity contribution in [3.8, 4) is 5.75 Å². The Labute approximate surface area is 127 Å². The highest BCUT2D eigenvalue weighted by molar-refractivity contribution is 6.01. The van der Waals surface area contributed by atoms with E-state index < -0.39 is 0 Å². The molecule has 0 atom stereocenters. The van der Waals surface area contributed by atoms with Gasteiger partial charge in [-0.2, -0.15) is 5.10 Å². The number of aromatic amines is 1. The highest BCUT2D eigenvalue weighted by atomic mass is 16.5. The number of hydrazone groups is 1. The van der Waals surface area contributed by atoms with Gasteiger partial charge < -0.3 is 4.74 Å². The Kier molecular flexibility index (Phi) is 3.95. The Morgan fingerprint density at radius 1 is 1.32 bits per heavy atom. The molecule has 0 amide bonds. The fraction of sp³-hybridized carbons (Fsp3) is 0.200. The minimum Gasteiger partial charge on any atom is -0.493 e. The summed E-state index contributed by atoms with van der Waals surface area (Å²) in [4.78, 5) is 0. The summed E-state index contributed by atoms with van der Waals surface area (Å²) < 4.78 is 7.26. The molecule has 0 aliphatic heterocycles. The Bertz CT molecular complexity index is 810. The monoisotopic (exact) mass is 297 g/mol. The van der Waals surface area contributed by atoms with Crippen LogP contribution in [0.3, 0.4) is 0 Å². The lowest BCUT2D eigenvalue weighted by molar-refractivity contribution is -0.579. The topological polar surface area (TPSA) is 79.3 Å². The fourth-order valence-electron chi connectivity index (χ4n) is 2.07. The lowest BCUT2D eigenvalue weighted by Gasteiger charge is -2.09. The van der Waals surface area contributed by atoms with Crippen LogP contribution in [0.2, 0.25) is 0 Å². The molecule has 2 heterocycles. The predicted molar refractivity (Wildman–Crippen MR) is 83.0 cm³/mol. The van der Waals surface area contributed by atoms with Gasteiger partial charge in [0.05, 0.1) is 12.3 Å². The third-order valence-electron chi connectivity index (χ3n) is 3.11. The van der Waals surface area contributed by atoms with Crippen molar-refractivity contribution in [3.63, 3.8) is 0 Å². The third kappa shape index (κ3) is 2.88. The number of hydrogen-bond donors (Lipinski definition) is 2. The SMILES string of the molecule is CCOc1ccccc1/C(C)=N/Nc1ccc2n[nH]c[n+]2n1. The molecular formula is C15H17N6O+. The summed E-state index contributed by atoms with van der Waals surface area (Å²) >= 11 is 0.